The Bertz CT molecular complexity index is 333. The molecule has 2 rings (SSSR count). The molecule has 3 heteroatoms. The lowest BCUT2D eigenvalue weighted by molar-refractivity contribution is 0.856. The Kier molecular flexibility index (Phi) is 2.81. The van der Waals surface area contributed by atoms with Crippen LogP contribution < -0.4 is 0 Å². The van der Waals surface area contributed by atoms with E-state index < -0.39 is 0 Å². The summed E-state index contributed by atoms with van der Waals surface area (Å²) in [4.78, 5) is 12.3. The predicted octanol–water partition coefficient (Wildman–Crippen LogP) is 1.66. The Morgan fingerprint density at radius 1 is 0.857 bits per heavy atom. The highest BCUT2D eigenvalue weighted by molar-refractivity contribution is 5.10. The molecule has 2 heterocycles. The maximum Gasteiger partial charge on any atom is 0.128 e. The molecule has 0 fully saturated rings. The fourth-order valence-corrected chi connectivity index (χ4v) is 1.26. The van der Waals surface area contributed by atoms with Crippen LogP contribution >= 0.6 is 0 Å². The highest BCUT2D eigenvalue weighted by atomic mass is 14.8. The first-order chi connectivity index (χ1) is 6.95. The van der Waals surface area contributed by atoms with Crippen molar-refractivity contribution in [2.45, 2.75) is 12.8 Å². The van der Waals surface area contributed by atoms with Crippen LogP contribution in [-0.2, 0) is 12.8 Å². The second-order valence-electron chi connectivity index (χ2n) is 3.02. The molecule has 0 atom stereocenters. The molecule has 0 bridgehead atoms. The Labute approximate surface area is 82.9 Å². The number of pyridine rings is 1. The predicted molar refractivity (Wildman–Crippen MR) is 53.7 cm³/mol. The Balaban J connectivity index is 1.96. The van der Waals surface area contributed by atoms with E-state index in [1.54, 1.807) is 24.8 Å². The quantitative estimate of drug-likeness (QED) is 0.730. The molecule has 70 valence electrons. The highest BCUT2D eigenvalue weighted by Gasteiger charge is 1.96. The van der Waals surface area contributed by atoms with Gasteiger partial charge in [-0.2, -0.15) is 0 Å². The van der Waals surface area contributed by atoms with E-state index in [9.17, 15) is 0 Å². The zero-order chi connectivity index (χ0) is 9.64. The summed E-state index contributed by atoms with van der Waals surface area (Å²) in [6.45, 7) is 0. The molecule has 0 saturated heterocycles. The number of aryl methyl sites for hydroxylation is 2. The molecule has 0 aromatic carbocycles. The van der Waals surface area contributed by atoms with Gasteiger partial charge in [-0.25, -0.2) is 9.97 Å². The second kappa shape index (κ2) is 4.46. The summed E-state index contributed by atoms with van der Waals surface area (Å²) in [5, 5.41) is 0. The SMILES string of the molecule is c1cnc(CCc2ccncc2)nc1. The van der Waals surface area contributed by atoms with E-state index in [0.29, 0.717) is 0 Å². The van der Waals surface area contributed by atoms with Gasteiger partial charge in [-0.1, -0.05) is 0 Å². The molecule has 0 aliphatic heterocycles. The van der Waals surface area contributed by atoms with Crippen molar-refractivity contribution in [3.05, 3.63) is 54.4 Å². The second-order valence-corrected chi connectivity index (χ2v) is 3.02. The van der Waals surface area contributed by atoms with E-state index in [0.717, 1.165) is 18.7 Å². The highest BCUT2D eigenvalue weighted by Crippen LogP contribution is 2.01. The third kappa shape index (κ3) is 2.36. The van der Waals surface area contributed by atoms with Gasteiger partial charge in [-0.15, -0.1) is 0 Å². The summed E-state index contributed by atoms with van der Waals surface area (Å²) in [6.07, 6.45) is 9.00. The Morgan fingerprint density at radius 2 is 1.57 bits per heavy atom. The van der Waals surface area contributed by atoms with Crippen molar-refractivity contribution in [2.24, 2.45) is 0 Å². The van der Waals surface area contributed by atoms with Crippen molar-refractivity contribution in [1.29, 1.82) is 0 Å². The lowest BCUT2D eigenvalue weighted by Crippen LogP contribution is -1.96. The van der Waals surface area contributed by atoms with Crippen LogP contribution in [0.5, 0.6) is 0 Å². The van der Waals surface area contributed by atoms with Crippen molar-refractivity contribution in [2.75, 3.05) is 0 Å². The van der Waals surface area contributed by atoms with Gasteiger partial charge in [0.05, 0.1) is 0 Å². The number of rotatable bonds is 3. The largest absolute Gasteiger partial charge is 0.265 e. The minimum atomic E-state index is 0.880. The standard InChI is InChI=1S/C11H11N3/c1-6-13-11(14-7-1)3-2-10-4-8-12-9-5-10/h1,4-9H,2-3H2. The van der Waals surface area contributed by atoms with Crippen LogP contribution in [0.4, 0.5) is 0 Å². The molecule has 0 amide bonds. The van der Waals surface area contributed by atoms with Crippen molar-refractivity contribution in [1.82, 2.24) is 15.0 Å². The average molecular weight is 185 g/mol. The van der Waals surface area contributed by atoms with Crippen molar-refractivity contribution < 1.29 is 0 Å². The Hall–Kier alpha value is -1.77. The smallest absolute Gasteiger partial charge is 0.128 e. The molecule has 0 radical (unpaired) electrons. The number of hydrogen-bond donors (Lipinski definition) is 0. The third-order valence-corrected chi connectivity index (χ3v) is 2.01. The van der Waals surface area contributed by atoms with Crippen molar-refractivity contribution in [3.8, 4) is 0 Å². The van der Waals surface area contributed by atoms with E-state index in [1.165, 1.54) is 5.56 Å². The van der Waals surface area contributed by atoms with Gasteiger partial charge in [-0.3, -0.25) is 4.98 Å². The maximum atomic E-state index is 4.17. The molecular weight excluding hydrogens is 174 g/mol. The summed E-state index contributed by atoms with van der Waals surface area (Å²) >= 11 is 0. The van der Waals surface area contributed by atoms with Gasteiger partial charge >= 0.3 is 0 Å². The van der Waals surface area contributed by atoms with Gasteiger partial charge in [0.15, 0.2) is 0 Å². The fourth-order valence-electron chi connectivity index (χ4n) is 1.26. The molecule has 14 heavy (non-hydrogen) atoms. The van der Waals surface area contributed by atoms with Gasteiger partial charge < -0.3 is 0 Å². The maximum absolute atomic E-state index is 4.17. The topological polar surface area (TPSA) is 38.7 Å². The van der Waals surface area contributed by atoms with E-state index in [-0.39, 0.29) is 0 Å². The van der Waals surface area contributed by atoms with Crippen LogP contribution in [0.25, 0.3) is 0 Å². The number of nitrogens with zero attached hydrogens (tertiary/aromatic N) is 3. The van der Waals surface area contributed by atoms with Gasteiger partial charge in [0.25, 0.3) is 0 Å². The molecule has 3 nitrogen and oxygen atoms in total. The molecule has 2 aromatic heterocycles. The summed E-state index contributed by atoms with van der Waals surface area (Å²) in [7, 11) is 0. The minimum absolute atomic E-state index is 0.880. The lowest BCUT2D eigenvalue weighted by atomic mass is 10.1. The molecule has 0 spiro atoms. The summed E-state index contributed by atoms with van der Waals surface area (Å²) < 4.78 is 0. The van der Waals surface area contributed by atoms with Gasteiger partial charge in [0, 0.05) is 31.2 Å². The molecule has 0 saturated carbocycles. The zero-order valence-electron chi connectivity index (χ0n) is 7.80. The van der Waals surface area contributed by atoms with E-state index >= 15 is 0 Å². The minimum Gasteiger partial charge on any atom is -0.265 e. The lowest BCUT2D eigenvalue weighted by Gasteiger charge is -1.99. The van der Waals surface area contributed by atoms with Crippen LogP contribution in [0.2, 0.25) is 0 Å². The fraction of sp³-hybridized carbons (Fsp3) is 0.182. The summed E-state index contributed by atoms with van der Waals surface area (Å²) in [5.74, 6) is 0.893. The zero-order valence-corrected chi connectivity index (χ0v) is 7.80. The first-order valence-electron chi connectivity index (χ1n) is 4.60. The van der Waals surface area contributed by atoms with Crippen molar-refractivity contribution in [3.63, 3.8) is 0 Å². The van der Waals surface area contributed by atoms with Gasteiger partial charge in [0.1, 0.15) is 5.82 Å². The van der Waals surface area contributed by atoms with Gasteiger partial charge in [0.2, 0.25) is 0 Å². The monoisotopic (exact) mass is 185 g/mol. The Morgan fingerprint density at radius 3 is 2.29 bits per heavy atom. The van der Waals surface area contributed by atoms with Crippen LogP contribution in [-0.4, -0.2) is 15.0 Å². The summed E-state index contributed by atoms with van der Waals surface area (Å²) in [5.41, 5.74) is 1.27. The average Bonchev–Trinajstić information content (AvgIpc) is 2.29. The molecule has 0 aliphatic carbocycles. The van der Waals surface area contributed by atoms with Crippen LogP contribution in [0.15, 0.2) is 43.0 Å². The van der Waals surface area contributed by atoms with E-state index in [1.807, 2.05) is 18.2 Å². The summed E-state index contributed by atoms with van der Waals surface area (Å²) in [6, 6.07) is 5.86. The van der Waals surface area contributed by atoms with Crippen LogP contribution in [0, 0.1) is 0 Å². The third-order valence-electron chi connectivity index (χ3n) is 2.01. The van der Waals surface area contributed by atoms with Gasteiger partial charge in [-0.05, 0) is 30.2 Å². The molecule has 0 unspecified atom stereocenters. The van der Waals surface area contributed by atoms with Crippen LogP contribution in [0.1, 0.15) is 11.4 Å². The van der Waals surface area contributed by atoms with Crippen molar-refractivity contribution >= 4 is 0 Å². The molecular formula is C11H11N3. The number of hydrogen-bond acceptors (Lipinski definition) is 3. The molecule has 0 N–H and O–H groups in total. The van der Waals surface area contributed by atoms with Crippen LogP contribution in [0.3, 0.4) is 0 Å². The normalized spacial score (nSPS) is 10.0. The number of aromatic nitrogens is 3. The van der Waals surface area contributed by atoms with E-state index in [4.69, 9.17) is 0 Å². The molecule has 0 aliphatic rings. The molecule has 2 aromatic rings. The van der Waals surface area contributed by atoms with E-state index in [2.05, 4.69) is 15.0 Å². The first kappa shape index (κ1) is 8.81. The first-order valence-corrected chi connectivity index (χ1v) is 4.60.